The van der Waals surface area contributed by atoms with Crippen LogP contribution in [-0.2, 0) is 6.42 Å². The van der Waals surface area contributed by atoms with Gasteiger partial charge < -0.3 is 10.5 Å². The lowest BCUT2D eigenvalue weighted by molar-refractivity contribution is 0.473. The van der Waals surface area contributed by atoms with E-state index >= 15 is 0 Å². The van der Waals surface area contributed by atoms with Crippen LogP contribution in [0.15, 0.2) is 42.5 Å². The average molecular weight is 353 g/mol. The molecule has 2 nitrogen and oxygen atoms in total. The minimum absolute atomic E-state index is 0.631. The van der Waals surface area contributed by atoms with E-state index < -0.39 is 0 Å². The highest BCUT2D eigenvalue weighted by Gasteiger charge is 2.06. The molecule has 0 aliphatic heterocycles. The second kappa shape index (κ2) is 6.20. The first-order chi connectivity index (χ1) is 8.70. The Hall–Kier alpha value is -1.07. The summed E-state index contributed by atoms with van der Waals surface area (Å²) in [4.78, 5) is 0. The molecule has 2 aromatic carbocycles. The number of para-hydroxylation sites is 1. The average Bonchev–Trinajstić information content (AvgIpc) is 2.35. The first-order valence-corrected chi connectivity index (χ1v) is 7.00. The highest BCUT2D eigenvalue weighted by atomic mass is 127. The Labute approximate surface area is 121 Å². The van der Waals surface area contributed by atoms with E-state index in [1.54, 1.807) is 0 Å². The van der Waals surface area contributed by atoms with Gasteiger partial charge in [-0.2, -0.15) is 0 Å². The van der Waals surface area contributed by atoms with Gasteiger partial charge in [-0.05, 0) is 66.2 Å². The molecule has 0 spiro atoms. The zero-order valence-electron chi connectivity index (χ0n) is 10.3. The van der Waals surface area contributed by atoms with E-state index in [0.29, 0.717) is 6.54 Å². The van der Waals surface area contributed by atoms with Crippen molar-refractivity contribution < 1.29 is 4.74 Å². The van der Waals surface area contributed by atoms with Crippen molar-refractivity contribution in [3.8, 4) is 11.5 Å². The summed E-state index contributed by atoms with van der Waals surface area (Å²) in [6, 6.07) is 14.2. The molecule has 18 heavy (non-hydrogen) atoms. The van der Waals surface area contributed by atoms with Crippen LogP contribution >= 0.6 is 22.6 Å². The minimum Gasteiger partial charge on any atom is -0.456 e. The summed E-state index contributed by atoms with van der Waals surface area (Å²) in [6.07, 6.45) is 0.834. The lowest BCUT2D eigenvalue weighted by Gasteiger charge is -2.12. The molecule has 0 saturated carbocycles. The topological polar surface area (TPSA) is 35.2 Å². The van der Waals surface area contributed by atoms with Crippen LogP contribution in [0.25, 0.3) is 0 Å². The monoisotopic (exact) mass is 353 g/mol. The molecule has 0 fully saturated rings. The molecule has 2 rings (SSSR count). The fourth-order valence-electron chi connectivity index (χ4n) is 1.80. The predicted octanol–water partition coefficient (Wildman–Crippen LogP) is 3.89. The van der Waals surface area contributed by atoms with Crippen molar-refractivity contribution >= 4 is 22.6 Å². The molecular weight excluding hydrogens is 337 g/mol. The maximum Gasteiger partial charge on any atom is 0.140 e. The zero-order valence-corrected chi connectivity index (χ0v) is 12.5. The number of ether oxygens (including phenoxy) is 1. The van der Waals surface area contributed by atoms with Gasteiger partial charge >= 0.3 is 0 Å². The van der Waals surface area contributed by atoms with Crippen LogP contribution in [0.4, 0.5) is 0 Å². The van der Waals surface area contributed by atoms with Gasteiger partial charge in [0.25, 0.3) is 0 Å². The van der Waals surface area contributed by atoms with Crippen molar-refractivity contribution in [3.05, 3.63) is 57.2 Å². The third-order valence-electron chi connectivity index (χ3n) is 2.69. The first kappa shape index (κ1) is 13.4. The van der Waals surface area contributed by atoms with Gasteiger partial charge in [-0.1, -0.05) is 29.8 Å². The van der Waals surface area contributed by atoms with Crippen molar-refractivity contribution in [1.29, 1.82) is 0 Å². The lowest BCUT2D eigenvalue weighted by atomic mass is 10.1. The lowest BCUT2D eigenvalue weighted by Crippen LogP contribution is -2.04. The smallest absolute Gasteiger partial charge is 0.140 e. The molecule has 0 aliphatic rings. The van der Waals surface area contributed by atoms with Crippen LogP contribution in [0.1, 0.15) is 11.1 Å². The summed E-state index contributed by atoms with van der Waals surface area (Å²) in [5.74, 6) is 1.79. The Kier molecular flexibility index (Phi) is 4.60. The van der Waals surface area contributed by atoms with E-state index in [1.165, 1.54) is 5.56 Å². The third kappa shape index (κ3) is 3.23. The molecule has 0 amide bonds. The number of benzene rings is 2. The second-order valence-corrected chi connectivity index (χ2v) is 5.34. The second-order valence-electron chi connectivity index (χ2n) is 4.18. The largest absolute Gasteiger partial charge is 0.456 e. The van der Waals surface area contributed by atoms with Gasteiger partial charge in [-0.25, -0.2) is 0 Å². The molecule has 0 heterocycles. The van der Waals surface area contributed by atoms with Crippen LogP contribution in [-0.4, -0.2) is 6.54 Å². The van der Waals surface area contributed by atoms with Crippen LogP contribution in [0.5, 0.6) is 11.5 Å². The number of hydrogen-bond donors (Lipinski definition) is 1. The summed E-state index contributed by atoms with van der Waals surface area (Å²) in [5, 5.41) is 0. The molecule has 0 saturated heterocycles. The van der Waals surface area contributed by atoms with Gasteiger partial charge in [0.2, 0.25) is 0 Å². The van der Waals surface area contributed by atoms with E-state index in [1.807, 2.05) is 30.3 Å². The first-order valence-electron chi connectivity index (χ1n) is 5.92. The van der Waals surface area contributed by atoms with Crippen LogP contribution in [0, 0.1) is 10.5 Å². The van der Waals surface area contributed by atoms with Crippen molar-refractivity contribution in [2.75, 3.05) is 6.54 Å². The Morgan fingerprint density at radius 1 is 1.11 bits per heavy atom. The van der Waals surface area contributed by atoms with Gasteiger partial charge in [0.05, 0.1) is 3.57 Å². The van der Waals surface area contributed by atoms with Crippen LogP contribution < -0.4 is 10.5 Å². The van der Waals surface area contributed by atoms with Gasteiger partial charge in [-0.15, -0.1) is 0 Å². The normalized spacial score (nSPS) is 10.4. The summed E-state index contributed by atoms with van der Waals surface area (Å²) in [6.45, 7) is 2.71. The molecule has 94 valence electrons. The highest BCUT2D eigenvalue weighted by molar-refractivity contribution is 14.1. The summed E-state index contributed by atoms with van der Waals surface area (Å²) >= 11 is 2.28. The Balaban J connectivity index is 2.31. The molecule has 0 bridgehead atoms. The van der Waals surface area contributed by atoms with Gasteiger partial charge in [0.1, 0.15) is 11.5 Å². The number of hydrogen-bond acceptors (Lipinski definition) is 2. The highest BCUT2D eigenvalue weighted by Crippen LogP contribution is 2.29. The Morgan fingerprint density at radius 3 is 2.61 bits per heavy atom. The Bertz CT molecular complexity index is 540. The van der Waals surface area contributed by atoms with Gasteiger partial charge in [-0.3, -0.25) is 0 Å². The van der Waals surface area contributed by atoms with Crippen LogP contribution in [0.2, 0.25) is 0 Å². The number of rotatable bonds is 4. The van der Waals surface area contributed by atoms with Gasteiger partial charge in [0, 0.05) is 0 Å². The molecule has 0 atom stereocenters. The predicted molar refractivity (Wildman–Crippen MR) is 83.2 cm³/mol. The zero-order chi connectivity index (χ0) is 13.0. The van der Waals surface area contributed by atoms with Crippen molar-refractivity contribution in [2.45, 2.75) is 13.3 Å². The standard InChI is InChI=1S/C15H16INO/c1-11-6-7-14(12(10-11)8-9-17)18-15-5-3-2-4-13(15)16/h2-7,10H,8-9,17H2,1H3. The maximum absolute atomic E-state index is 5.98. The third-order valence-corrected chi connectivity index (χ3v) is 3.58. The van der Waals surface area contributed by atoms with Crippen molar-refractivity contribution in [2.24, 2.45) is 5.73 Å². The summed E-state index contributed by atoms with van der Waals surface area (Å²) < 4.78 is 7.09. The molecule has 2 N–H and O–H groups in total. The molecule has 0 aromatic heterocycles. The minimum atomic E-state index is 0.631. The van der Waals surface area contributed by atoms with Crippen molar-refractivity contribution in [1.82, 2.24) is 0 Å². The van der Waals surface area contributed by atoms with Crippen molar-refractivity contribution in [3.63, 3.8) is 0 Å². The van der Waals surface area contributed by atoms with Gasteiger partial charge in [0.15, 0.2) is 0 Å². The number of halogens is 1. The fourth-order valence-corrected chi connectivity index (χ4v) is 2.30. The van der Waals surface area contributed by atoms with E-state index in [2.05, 4.69) is 41.6 Å². The molecule has 0 aliphatic carbocycles. The summed E-state index contributed by atoms with van der Waals surface area (Å²) in [5.41, 5.74) is 8.04. The van der Waals surface area contributed by atoms with E-state index in [-0.39, 0.29) is 0 Å². The fraction of sp³-hybridized carbons (Fsp3) is 0.200. The molecule has 2 aromatic rings. The molecule has 0 radical (unpaired) electrons. The van der Waals surface area contributed by atoms with E-state index in [0.717, 1.165) is 27.1 Å². The summed E-state index contributed by atoms with van der Waals surface area (Å²) in [7, 11) is 0. The molecule has 3 heteroatoms. The quantitative estimate of drug-likeness (QED) is 0.847. The number of aryl methyl sites for hydroxylation is 1. The Morgan fingerprint density at radius 2 is 1.89 bits per heavy atom. The molecule has 0 unspecified atom stereocenters. The molecular formula is C15H16INO. The van der Waals surface area contributed by atoms with Crippen LogP contribution in [0.3, 0.4) is 0 Å². The number of nitrogens with two attached hydrogens (primary N) is 1. The SMILES string of the molecule is Cc1ccc(Oc2ccccc2I)c(CCN)c1. The maximum atomic E-state index is 5.98. The van der Waals surface area contributed by atoms with E-state index in [9.17, 15) is 0 Å². The van der Waals surface area contributed by atoms with E-state index in [4.69, 9.17) is 10.5 Å².